The molecule has 8 heteroatoms. The summed E-state index contributed by atoms with van der Waals surface area (Å²) in [5, 5.41) is 16.4. The number of aliphatic hydroxyl groups excluding tert-OH is 1. The monoisotopic (exact) mass is 513 g/mol. The number of hydrogen-bond donors (Lipinski definition) is 4. The Hall–Kier alpha value is -4.21. The summed E-state index contributed by atoms with van der Waals surface area (Å²) in [6.07, 6.45) is 2.19. The van der Waals surface area contributed by atoms with Crippen LogP contribution in [0, 0.1) is 23.7 Å². The second-order valence-corrected chi connectivity index (χ2v) is 9.05. The molecule has 2 aromatic carbocycles. The minimum Gasteiger partial charge on any atom is -0.388 e. The van der Waals surface area contributed by atoms with E-state index in [9.17, 15) is 14.4 Å². The van der Waals surface area contributed by atoms with E-state index in [1.807, 2.05) is 35.7 Å². The van der Waals surface area contributed by atoms with Crippen molar-refractivity contribution in [2.24, 2.45) is 5.73 Å². The fourth-order valence-corrected chi connectivity index (χ4v) is 4.02. The molecular formula is C29H27N3O4S. The fourth-order valence-electron chi connectivity index (χ4n) is 3.27. The summed E-state index contributed by atoms with van der Waals surface area (Å²) in [6.45, 7) is -0.782. The summed E-state index contributed by atoms with van der Waals surface area (Å²) in [5.74, 6) is 10.4. The van der Waals surface area contributed by atoms with Gasteiger partial charge in [0.05, 0.1) is 0 Å². The summed E-state index contributed by atoms with van der Waals surface area (Å²) in [5.41, 5.74) is 7.98. The maximum absolute atomic E-state index is 12.3. The highest BCUT2D eigenvalue weighted by atomic mass is 32.1. The first-order valence-electron chi connectivity index (χ1n) is 11.7. The average molecular weight is 514 g/mol. The van der Waals surface area contributed by atoms with Crippen LogP contribution in [0.2, 0.25) is 0 Å². The number of aliphatic hydroxyl groups is 1. The highest BCUT2D eigenvalue weighted by molar-refractivity contribution is 7.09. The molecule has 0 saturated carbocycles. The molecule has 0 saturated heterocycles. The standard InChI is InChI=1S/C29H27N3O4S/c30-19-26(27(34)20-33)32-29(36)23-14-10-21(11-15-23)5-1-2-6-22-12-16-24(17-13-22)31-28(35)9-3-7-25-8-4-18-37-25/h4,8,10-18,26,33H,3,7,9,19-20,30H2,(H,31,35)(H,32,36)/t26-/m0/s1. The number of nitrogens with one attached hydrogen (secondary N) is 2. The van der Waals surface area contributed by atoms with Crippen molar-refractivity contribution in [1.29, 1.82) is 0 Å². The number of benzene rings is 2. The lowest BCUT2D eigenvalue weighted by Gasteiger charge is -2.14. The average Bonchev–Trinajstić information content (AvgIpc) is 3.44. The molecule has 2 amide bonds. The molecule has 188 valence electrons. The smallest absolute Gasteiger partial charge is 0.251 e. The first kappa shape index (κ1) is 27.4. The van der Waals surface area contributed by atoms with Gasteiger partial charge in [-0.3, -0.25) is 14.4 Å². The molecule has 5 N–H and O–H groups in total. The van der Waals surface area contributed by atoms with Gasteiger partial charge in [-0.25, -0.2) is 0 Å². The summed E-state index contributed by atoms with van der Waals surface area (Å²) < 4.78 is 0. The van der Waals surface area contributed by atoms with Gasteiger partial charge in [0.25, 0.3) is 5.91 Å². The summed E-state index contributed by atoms with van der Waals surface area (Å²) in [6, 6.07) is 16.9. The third-order valence-corrected chi connectivity index (χ3v) is 6.22. The Balaban J connectivity index is 1.47. The van der Waals surface area contributed by atoms with Gasteiger partial charge in [-0.05, 0) is 84.7 Å². The maximum Gasteiger partial charge on any atom is 0.251 e. The van der Waals surface area contributed by atoms with Crippen LogP contribution in [-0.2, 0) is 16.0 Å². The van der Waals surface area contributed by atoms with Crippen LogP contribution in [0.4, 0.5) is 5.69 Å². The largest absolute Gasteiger partial charge is 0.388 e. The van der Waals surface area contributed by atoms with E-state index in [-0.39, 0.29) is 12.5 Å². The molecule has 0 spiro atoms. The van der Waals surface area contributed by atoms with Crippen LogP contribution in [0.3, 0.4) is 0 Å². The molecule has 0 fully saturated rings. The van der Waals surface area contributed by atoms with Crippen LogP contribution in [0.1, 0.15) is 39.2 Å². The number of hydrogen-bond acceptors (Lipinski definition) is 6. The molecule has 7 nitrogen and oxygen atoms in total. The summed E-state index contributed by atoms with van der Waals surface area (Å²) in [4.78, 5) is 37.2. The van der Waals surface area contributed by atoms with Gasteiger partial charge in [0, 0.05) is 40.2 Å². The van der Waals surface area contributed by atoms with Gasteiger partial charge in [-0.15, -0.1) is 11.3 Å². The molecule has 1 heterocycles. The third-order valence-electron chi connectivity index (χ3n) is 5.28. The number of carbonyl (C=O) groups is 3. The zero-order chi connectivity index (χ0) is 26.5. The van der Waals surface area contributed by atoms with Crippen LogP contribution in [-0.4, -0.2) is 41.9 Å². The Kier molecular flexibility index (Phi) is 10.6. The Morgan fingerprint density at radius 1 is 0.946 bits per heavy atom. The highest BCUT2D eigenvalue weighted by Crippen LogP contribution is 2.13. The van der Waals surface area contributed by atoms with E-state index < -0.39 is 24.3 Å². The molecule has 0 aliphatic carbocycles. The molecule has 0 bridgehead atoms. The second kappa shape index (κ2) is 14.4. The molecule has 0 aliphatic heterocycles. The molecule has 1 atom stereocenters. The highest BCUT2D eigenvalue weighted by Gasteiger charge is 2.18. The SMILES string of the molecule is NC[C@H](NC(=O)c1ccc(C#CC#Cc2ccc(NC(=O)CCCc3cccs3)cc2)cc1)C(=O)CO. The molecule has 0 radical (unpaired) electrons. The molecule has 0 aliphatic rings. The minimum absolute atomic E-state index is 0.0115. The number of Topliss-reactive ketones (excluding diaryl/α,β-unsaturated/α-hetero) is 1. The van der Waals surface area contributed by atoms with Crippen LogP contribution < -0.4 is 16.4 Å². The third kappa shape index (κ3) is 9.06. The Morgan fingerprint density at radius 3 is 2.16 bits per heavy atom. The van der Waals surface area contributed by atoms with Gasteiger partial charge in [0.1, 0.15) is 12.6 Å². The van der Waals surface area contributed by atoms with E-state index in [4.69, 9.17) is 10.8 Å². The number of ketones is 1. The predicted molar refractivity (Wildman–Crippen MR) is 145 cm³/mol. The Bertz CT molecular complexity index is 1330. The number of aryl methyl sites for hydroxylation is 1. The van der Waals surface area contributed by atoms with Gasteiger partial charge < -0.3 is 21.5 Å². The molecule has 0 unspecified atom stereocenters. The molecule has 3 aromatic rings. The zero-order valence-electron chi connectivity index (χ0n) is 20.1. The van der Waals surface area contributed by atoms with E-state index in [1.54, 1.807) is 35.6 Å². The number of thiophene rings is 1. The van der Waals surface area contributed by atoms with Crippen molar-refractivity contribution in [3.63, 3.8) is 0 Å². The number of amides is 2. The van der Waals surface area contributed by atoms with E-state index in [0.717, 1.165) is 24.1 Å². The lowest BCUT2D eigenvalue weighted by molar-refractivity contribution is -0.123. The molecular weight excluding hydrogens is 486 g/mol. The van der Waals surface area contributed by atoms with E-state index in [0.29, 0.717) is 17.5 Å². The normalized spacial score (nSPS) is 10.8. The minimum atomic E-state index is -0.931. The van der Waals surface area contributed by atoms with Gasteiger partial charge in [0.15, 0.2) is 5.78 Å². The van der Waals surface area contributed by atoms with E-state index in [2.05, 4.69) is 40.4 Å². The van der Waals surface area contributed by atoms with Gasteiger partial charge in [-0.2, -0.15) is 0 Å². The van der Waals surface area contributed by atoms with Gasteiger partial charge in [-0.1, -0.05) is 17.9 Å². The van der Waals surface area contributed by atoms with Crippen LogP contribution in [0.15, 0.2) is 66.0 Å². The van der Waals surface area contributed by atoms with Gasteiger partial charge in [0.2, 0.25) is 5.91 Å². The van der Waals surface area contributed by atoms with Crippen molar-refractivity contribution in [2.45, 2.75) is 25.3 Å². The summed E-state index contributed by atoms with van der Waals surface area (Å²) in [7, 11) is 0. The lowest BCUT2D eigenvalue weighted by Crippen LogP contribution is -2.46. The van der Waals surface area contributed by atoms with Crippen molar-refractivity contribution in [1.82, 2.24) is 5.32 Å². The van der Waals surface area contributed by atoms with Crippen molar-refractivity contribution >= 4 is 34.6 Å². The van der Waals surface area contributed by atoms with Gasteiger partial charge >= 0.3 is 0 Å². The van der Waals surface area contributed by atoms with Crippen molar-refractivity contribution in [3.8, 4) is 23.7 Å². The fraction of sp³-hybridized carbons (Fsp3) is 0.207. The second-order valence-electron chi connectivity index (χ2n) is 8.02. The number of rotatable bonds is 10. The first-order chi connectivity index (χ1) is 18.0. The van der Waals surface area contributed by atoms with E-state index >= 15 is 0 Å². The topological polar surface area (TPSA) is 122 Å². The maximum atomic E-state index is 12.3. The number of anilines is 1. The Labute approximate surface area is 220 Å². The lowest BCUT2D eigenvalue weighted by atomic mass is 10.1. The van der Waals surface area contributed by atoms with Crippen molar-refractivity contribution in [3.05, 3.63) is 87.6 Å². The number of nitrogens with two attached hydrogens (primary N) is 1. The van der Waals surface area contributed by atoms with E-state index in [1.165, 1.54) is 4.88 Å². The first-order valence-corrected chi connectivity index (χ1v) is 12.6. The summed E-state index contributed by atoms with van der Waals surface area (Å²) >= 11 is 1.70. The van der Waals surface area contributed by atoms with Crippen LogP contribution in [0.5, 0.6) is 0 Å². The van der Waals surface area contributed by atoms with Crippen LogP contribution in [0.25, 0.3) is 0 Å². The number of carbonyl (C=O) groups excluding carboxylic acids is 3. The zero-order valence-corrected chi connectivity index (χ0v) is 20.9. The van der Waals surface area contributed by atoms with Crippen molar-refractivity contribution in [2.75, 3.05) is 18.5 Å². The van der Waals surface area contributed by atoms with Crippen molar-refractivity contribution < 1.29 is 19.5 Å². The molecule has 37 heavy (non-hydrogen) atoms. The van der Waals surface area contributed by atoms with Crippen LogP contribution >= 0.6 is 11.3 Å². The molecule has 3 rings (SSSR count). The molecule has 1 aromatic heterocycles. The Morgan fingerprint density at radius 2 is 1.59 bits per heavy atom. The predicted octanol–water partition coefficient (Wildman–Crippen LogP) is 2.73. The quantitative estimate of drug-likeness (QED) is 0.311.